The Morgan fingerprint density at radius 1 is 1.04 bits per heavy atom. The lowest BCUT2D eigenvalue weighted by molar-refractivity contribution is -0.120. The molecule has 0 radical (unpaired) electrons. The van der Waals surface area contributed by atoms with E-state index in [0.29, 0.717) is 35.5 Å². The molecule has 5 nitrogen and oxygen atoms in total. The van der Waals surface area contributed by atoms with E-state index in [1.54, 1.807) is 26.4 Å². The molecule has 1 heterocycles. The Morgan fingerprint density at radius 3 is 2.00 bits per heavy atom. The molecule has 1 fully saturated rings. The van der Waals surface area contributed by atoms with Gasteiger partial charge in [0.2, 0.25) is 5.91 Å². The Labute approximate surface area is 141 Å². The summed E-state index contributed by atoms with van der Waals surface area (Å²) in [5, 5.41) is 14.6. The number of rotatable bonds is 5. The Balaban J connectivity index is 2.14. The fourth-order valence-corrected chi connectivity index (χ4v) is 3.22. The number of hydrogen-bond acceptors (Lipinski definition) is 4. The van der Waals surface area contributed by atoms with Gasteiger partial charge in [0, 0.05) is 6.42 Å². The molecule has 0 saturated carbocycles. The van der Waals surface area contributed by atoms with Crippen molar-refractivity contribution in [2.24, 2.45) is 0 Å². The first-order valence-electron chi connectivity index (χ1n) is 7.88. The highest BCUT2D eigenvalue weighted by molar-refractivity contribution is 5.79. The molecule has 1 amide bonds. The van der Waals surface area contributed by atoms with Crippen molar-refractivity contribution in [2.45, 2.75) is 24.5 Å². The molecule has 126 valence electrons. The second kappa shape index (κ2) is 6.53. The van der Waals surface area contributed by atoms with Crippen molar-refractivity contribution in [3.63, 3.8) is 0 Å². The van der Waals surface area contributed by atoms with Crippen LogP contribution in [0, 0.1) is 0 Å². The van der Waals surface area contributed by atoms with E-state index in [1.807, 2.05) is 36.4 Å². The SMILES string of the molecule is COc1cccc(C(O)(c2cccc(OC)c2)[C@@H]2CCC(=O)N2)c1. The molecule has 1 aliphatic rings. The van der Waals surface area contributed by atoms with E-state index in [4.69, 9.17) is 9.47 Å². The number of nitrogens with one attached hydrogen (secondary N) is 1. The quantitative estimate of drug-likeness (QED) is 0.884. The molecule has 1 aliphatic heterocycles. The third kappa shape index (κ3) is 2.83. The van der Waals surface area contributed by atoms with Gasteiger partial charge < -0.3 is 19.9 Å². The summed E-state index contributed by atoms with van der Waals surface area (Å²) >= 11 is 0. The molecule has 1 saturated heterocycles. The smallest absolute Gasteiger partial charge is 0.220 e. The van der Waals surface area contributed by atoms with Gasteiger partial charge in [-0.25, -0.2) is 0 Å². The van der Waals surface area contributed by atoms with E-state index in [9.17, 15) is 9.90 Å². The highest BCUT2D eigenvalue weighted by Crippen LogP contribution is 2.39. The predicted octanol–water partition coefficient (Wildman–Crippen LogP) is 2.22. The maximum Gasteiger partial charge on any atom is 0.220 e. The standard InChI is InChI=1S/C19H21NO4/c1-23-15-7-3-5-13(11-15)19(22,17-9-10-18(21)20-17)14-6-4-8-16(12-14)24-2/h3-8,11-12,17,22H,9-10H2,1-2H3,(H,20,21)/t17-/m0/s1. The van der Waals surface area contributed by atoms with Crippen LogP contribution in [-0.4, -0.2) is 31.3 Å². The van der Waals surface area contributed by atoms with Gasteiger partial charge in [-0.3, -0.25) is 4.79 Å². The largest absolute Gasteiger partial charge is 0.497 e. The van der Waals surface area contributed by atoms with Gasteiger partial charge in [0.05, 0.1) is 20.3 Å². The van der Waals surface area contributed by atoms with E-state index in [0.717, 1.165) is 0 Å². The average molecular weight is 327 g/mol. The summed E-state index contributed by atoms with van der Waals surface area (Å²) in [5.74, 6) is 1.25. The fourth-order valence-electron chi connectivity index (χ4n) is 3.22. The van der Waals surface area contributed by atoms with Gasteiger partial charge in [-0.1, -0.05) is 24.3 Å². The molecule has 2 aromatic rings. The highest BCUT2D eigenvalue weighted by Gasteiger charge is 2.44. The molecule has 2 aromatic carbocycles. The lowest BCUT2D eigenvalue weighted by Crippen LogP contribution is -2.47. The summed E-state index contributed by atoms with van der Waals surface area (Å²) in [5.41, 5.74) is -0.0282. The van der Waals surface area contributed by atoms with Crippen LogP contribution < -0.4 is 14.8 Å². The number of ether oxygens (including phenoxy) is 2. The third-order valence-corrected chi connectivity index (χ3v) is 4.52. The Hall–Kier alpha value is -2.53. The molecule has 1 atom stereocenters. The first-order chi connectivity index (χ1) is 11.6. The highest BCUT2D eigenvalue weighted by atomic mass is 16.5. The minimum Gasteiger partial charge on any atom is -0.497 e. The number of amides is 1. The number of carbonyl (C=O) groups is 1. The predicted molar refractivity (Wildman–Crippen MR) is 90.2 cm³/mol. The molecule has 5 heteroatoms. The van der Waals surface area contributed by atoms with E-state index in [2.05, 4.69) is 5.32 Å². The van der Waals surface area contributed by atoms with Crippen molar-refractivity contribution in [1.29, 1.82) is 0 Å². The first kappa shape index (κ1) is 16.3. The zero-order chi connectivity index (χ0) is 17.2. The lowest BCUT2D eigenvalue weighted by Gasteiger charge is -2.35. The van der Waals surface area contributed by atoms with Crippen LogP contribution in [0.4, 0.5) is 0 Å². The van der Waals surface area contributed by atoms with Crippen LogP contribution in [0.1, 0.15) is 24.0 Å². The van der Waals surface area contributed by atoms with Crippen molar-refractivity contribution in [3.8, 4) is 11.5 Å². The fraction of sp³-hybridized carbons (Fsp3) is 0.316. The maximum atomic E-state index is 11.7. The van der Waals surface area contributed by atoms with Crippen molar-refractivity contribution < 1.29 is 19.4 Å². The number of aliphatic hydroxyl groups is 1. The van der Waals surface area contributed by atoms with Crippen LogP contribution >= 0.6 is 0 Å². The molecular weight excluding hydrogens is 306 g/mol. The van der Waals surface area contributed by atoms with E-state index in [-0.39, 0.29) is 5.91 Å². The number of benzene rings is 2. The minimum atomic E-state index is -1.37. The van der Waals surface area contributed by atoms with Crippen LogP contribution in [0.3, 0.4) is 0 Å². The second-order valence-corrected chi connectivity index (χ2v) is 5.89. The molecule has 0 spiro atoms. The van der Waals surface area contributed by atoms with Gasteiger partial charge in [-0.2, -0.15) is 0 Å². The molecule has 0 bridgehead atoms. The molecule has 2 N–H and O–H groups in total. The zero-order valence-corrected chi connectivity index (χ0v) is 13.8. The first-order valence-corrected chi connectivity index (χ1v) is 7.88. The van der Waals surface area contributed by atoms with Crippen LogP contribution in [0.2, 0.25) is 0 Å². The third-order valence-electron chi connectivity index (χ3n) is 4.52. The average Bonchev–Trinajstić information content (AvgIpc) is 3.08. The van der Waals surface area contributed by atoms with Crippen LogP contribution in [0.5, 0.6) is 11.5 Å². The molecule has 0 unspecified atom stereocenters. The summed E-state index contributed by atoms with van der Waals surface area (Å²) in [6, 6.07) is 14.2. The zero-order valence-electron chi connectivity index (χ0n) is 13.8. The van der Waals surface area contributed by atoms with Gasteiger partial charge in [0.1, 0.15) is 17.1 Å². The molecule has 0 aromatic heterocycles. The minimum absolute atomic E-state index is 0.0517. The monoisotopic (exact) mass is 327 g/mol. The lowest BCUT2D eigenvalue weighted by atomic mass is 9.79. The Kier molecular flexibility index (Phi) is 4.44. The number of hydrogen-bond donors (Lipinski definition) is 2. The summed E-state index contributed by atoms with van der Waals surface area (Å²) < 4.78 is 10.6. The van der Waals surface area contributed by atoms with Crippen LogP contribution in [-0.2, 0) is 10.4 Å². The summed E-state index contributed by atoms with van der Waals surface area (Å²) in [4.78, 5) is 11.7. The Morgan fingerprint density at radius 2 is 1.58 bits per heavy atom. The van der Waals surface area contributed by atoms with Gasteiger partial charge in [0.25, 0.3) is 0 Å². The van der Waals surface area contributed by atoms with Crippen molar-refractivity contribution in [2.75, 3.05) is 14.2 Å². The summed E-state index contributed by atoms with van der Waals surface area (Å²) in [6.07, 6.45) is 0.963. The molecule has 24 heavy (non-hydrogen) atoms. The summed E-state index contributed by atoms with van der Waals surface area (Å²) in [7, 11) is 3.17. The topological polar surface area (TPSA) is 67.8 Å². The van der Waals surface area contributed by atoms with Crippen molar-refractivity contribution in [1.82, 2.24) is 5.32 Å². The Bertz CT molecular complexity index is 696. The van der Waals surface area contributed by atoms with Crippen molar-refractivity contribution in [3.05, 3.63) is 59.7 Å². The maximum absolute atomic E-state index is 11.7. The van der Waals surface area contributed by atoms with E-state index < -0.39 is 11.6 Å². The molecule has 0 aliphatic carbocycles. The number of methoxy groups -OCH3 is 2. The molecular formula is C19H21NO4. The van der Waals surface area contributed by atoms with Gasteiger partial charge in [0.15, 0.2) is 0 Å². The number of carbonyl (C=O) groups excluding carboxylic acids is 1. The van der Waals surface area contributed by atoms with Crippen molar-refractivity contribution >= 4 is 5.91 Å². The molecule has 3 rings (SSSR count). The van der Waals surface area contributed by atoms with Gasteiger partial charge >= 0.3 is 0 Å². The van der Waals surface area contributed by atoms with E-state index >= 15 is 0 Å². The van der Waals surface area contributed by atoms with E-state index in [1.165, 1.54) is 0 Å². The normalized spacial score (nSPS) is 17.5. The van der Waals surface area contributed by atoms with Crippen LogP contribution in [0.15, 0.2) is 48.5 Å². The van der Waals surface area contributed by atoms with Crippen LogP contribution in [0.25, 0.3) is 0 Å². The van der Waals surface area contributed by atoms with Gasteiger partial charge in [-0.05, 0) is 41.8 Å². The second-order valence-electron chi connectivity index (χ2n) is 5.89. The van der Waals surface area contributed by atoms with Gasteiger partial charge in [-0.15, -0.1) is 0 Å². The summed E-state index contributed by atoms with van der Waals surface area (Å²) in [6.45, 7) is 0.